The zero-order chi connectivity index (χ0) is 14.5. The van der Waals surface area contributed by atoms with Crippen LogP contribution < -0.4 is 5.32 Å². The van der Waals surface area contributed by atoms with Crippen molar-refractivity contribution in [1.82, 2.24) is 9.78 Å². The summed E-state index contributed by atoms with van der Waals surface area (Å²) in [7, 11) is 0. The Morgan fingerprint density at radius 2 is 1.90 bits per heavy atom. The topological polar surface area (TPSA) is 29.9 Å². The van der Waals surface area contributed by atoms with Gasteiger partial charge in [0.2, 0.25) is 0 Å². The van der Waals surface area contributed by atoms with Crippen molar-refractivity contribution in [2.24, 2.45) is 11.8 Å². The molecule has 0 unspecified atom stereocenters. The molecule has 0 aliphatic heterocycles. The van der Waals surface area contributed by atoms with Crippen LogP contribution in [-0.2, 0) is 6.54 Å². The summed E-state index contributed by atoms with van der Waals surface area (Å²) in [6, 6.07) is 10.7. The van der Waals surface area contributed by atoms with Gasteiger partial charge in [0, 0.05) is 24.6 Å². The first kappa shape index (κ1) is 14.2. The smallest absolute Gasteiger partial charge is 0.0659 e. The van der Waals surface area contributed by atoms with Gasteiger partial charge in [0.15, 0.2) is 0 Å². The van der Waals surface area contributed by atoms with Gasteiger partial charge >= 0.3 is 0 Å². The molecular formula is C18H25N3. The summed E-state index contributed by atoms with van der Waals surface area (Å²) in [5, 5.41) is 7.83. The molecule has 0 saturated heterocycles. The fraction of sp³-hybridized carbons (Fsp3) is 0.500. The van der Waals surface area contributed by atoms with Crippen LogP contribution in [0.1, 0.15) is 38.2 Å². The van der Waals surface area contributed by atoms with Gasteiger partial charge in [0.25, 0.3) is 0 Å². The lowest BCUT2D eigenvalue weighted by atomic mass is 9.83. The molecule has 3 nitrogen and oxygen atoms in total. The minimum atomic E-state index is 0.841. The Labute approximate surface area is 127 Å². The third-order valence-electron chi connectivity index (χ3n) is 4.59. The van der Waals surface area contributed by atoms with E-state index in [9.17, 15) is 0 Å². The molecule has 3 heteroatoms. The molecule has 112 valence electrons. The predicted molar refractivity (Wildman–Crippen MR) is 87.4 cm³/mol. The van der Waals surface area contributed by atoms with Crippen LogP contribution in [0.3, 0.4) is 0 Å². The Morgan fingerprint density at radius 1 is 1.14 bits per heavy atom. The van der Waals surface area contributed by atoms with Crippen molar-refractivity contribution in [2.75, 3.05) is 11.9 Å². The maximum absolute atomic E-state index is 4.24. The molecule has 21 heavy (non-hydrogen) atoms. The van der Waals surface area contributed by atoms with Crippen molar-refractivity contribution >= 4 is 5.69 Å². The number of hydrogen-bond acceptors (Lipinski definition) is 2. The number of anilines is 1. The van der Waals surface area contributed by atoms with E-state index in [2.05, 4.69) is 41.6 Å². The highest BCUT2D eigenvalue weighted by atomic mass is 15.3. The Hall–Kier alpha value is -1.77. The minimum absolute atomic E-state index is 0.841. The molecule has 0 spiro atoms. The van der Waals surface area contributed by atoms with Gasteiger partial charge in [-0.2, -0.15) is 5.10 Å². The highest BCUT2D eigenvalue weighted by Gasteiger charge is 2.17. The SMILES string of the molecule is CC1CCC(CNc2ccc(Cn3cccn3)cc2)CC1. The van der Waals surface area contributed by atoms with E-state index in [0.29, 0.717) is 0 Å². The summed E-state index contributed by atoms with van der Waals surface area (Å²) < 4.78 is 1.95. The van der Waals surface area contributed by atoms with Crippen LogP contribution in [0.5, 0.6) is 0 Å². The highest BCUT2D eigenvalue weighted by molar-refractivity contribution is 5.44. The fourth-order valence-corrected chi connectivity index (χ4v) is 3.10. The first-order chi connectivity index (χ1) is 10.3. The van der Waals surface area contributed by atoms with E-state index in [1.54, 1.807) is 0 Å². The first-order valence-electron chi connectivity index (χ1n) is 8.10. The quantitative estimate of drug-likeness (QED) is 0.892. The van der Waals surface area contributed by atoms with Crippen LogP contribution in [0.25, 0.3) is 0 Å². The normalized spacial score (nSPS) is 22.1. The molecule has 0 bridgehead atoms. The molecule has 0 atom stereocenters. The van der Waals surface area contributed by atoms with Crippen LogP contribution in [-0.4, -0.2) is 16.3 Å². The van der Waals surface area contributed by atoms with Crippen molar-refractivity contribution in [3.05, 3.63) is 48.3 Å². The molecular weight excluding hydrogens is 258 g/mol. The summed E-state index contributed by atoms with van der Waals surface area (Å²) in [5.41, 5.74) is 2.52. The fourth-order valence-electron chi connectivity index (χ4n) is 3.10. The third-order valence-corrected chi connectivity index (χ3v) is 4.59. The summed E-state index contributed by atoms with van der Waals surface area (Å²) in [5.74, 6) is 1.78. The predicted octanol–water partition coefficient (Wildman–Crippen LogP) is 4.17. The van der Waals surface area contributed by atoms with Gasteiger partial charge in [-0.3, -0.25) is 4.68 Å². The van der Waals surface area contributed by atoms with Gasteiger partial charge < -0.3 is 5.32 Å². The van der Waals surface area contributed by atoms with Gasteiger partial charge in [-0.05, 0) is 48.4 Å². The van der Waals surface area contributed by atoms with Gasteiger partial charge in [-0.15, -0.1) is 0 Å². The number of nitrogens with one attached hydrogen (secondary N) is 1. The Balaban J connectivity index is 1.48. The molecule has 1 heterocycles. The van der Waals surface area contributed by atoms with Crippen molar-refractivity contribution in [3.8, 4) is 0 Å². The summed E-state index contributed by atoms with van der Waals surface area (Å²) in [6.07, 6.45) is 9.37. The van der Waals surface area contributed by atoms with Gasteiger partial charge in [0.1, 0.15) is 0 Å². The zero-order valence-corrected chi connectivity index (χ0v) is 12.8. The maximum atomic E-state index is 4.24. The Kier molecular flexibility index (Phi) is 4.59. The molecule has 1 saturated carbocycles. The summed E-state index contributed by atoms with van der Waals surface area (Å²) >= 11 is 0. The van der Waals surface area contributed by atoms with E-state index in [-0.39, 0.29) is 0 Å². The summed E-state index contributed by atoms with van der Waals surface area (Å²) in [4.78, 5) is 0. The molecule has 3 rings (SSSR count). The van der Waals surface area contributed by atoms with Crippen LogP contribution in [0.15, 0.2) is 42.7 Å². The molecule has 1 aromatic heterocycles. The second-order valence-corrected chi connectivity index (χ2v) is 6.41. The zero-order valence-electron chi connectivity index (χ0n) is 12.8. The van der Waals surface area contributed by atoms with E-state index in [0.717, 1.165) is 24.9 Å². The van der Waals surface area contributed by atoms with Crippen molar-refractivity contribution < 1.29 is 0 Å². The second kappa shape index (κ2) is 6.79. The number of hydrogen-bond donors (Lipinski definition) is 1. The molecule has 1 aliphatic rings. The average Bonchev–Trinajstić information content (AvgIpc) is 3.01. The largest absolute Gasteiger partial charge is 0.385 e. The molecule has 1 fully saturated rings. The lowest BCUT2D eigenvalue weighted by molar-refractivity contribution is 0.300. The third kappa shape index (κ3) is 4.10. The molecule has 0 radical (unpaired) electrons. The molecule has 2 aromatic rings. The molecule has 0 amide bonds. The van der Waals surface area contributed by atoms with Crippen LogP contribution in [0, 0.1) is 11.8 Å². The number of benzene rings is 1. The first-order valence-corrected chi connectivity index (χ1v) is 8.10. The van der Waals surface area contributed by atoms with Crippen molar-refractivity contribution in [3.63, 3.8) is 0 Å². The average molecular weight is 283 g/mol. The lowest BCUT2D eigenvalue weighted by Gasteiger charge is -2.26. The van der Waals surface area contributed by atoms with Crippen LogP contribution in [0.4, 0.5) is 5.69 Å². The van der Waals surface area contributed by atoms with Gasteiger partial charge in [-0.1, -0.05) is 31.9 Å². The second-order valence-electron chi connectivity index (χ2n) is 6.41. The van der Waals surface area contributed by atoms with E-state index in [1.807, 2.05) is 23.1 Å². The maximum Gasteiger partial charge on any atom is 0.0659 e. The van der Waals surface area contributed by atoms with E-state index in [4.69, 9.17) is 0 Å². The monoisotopic (exact) mass is 283 g/mol. The highest BCUT2D eigenvalue weighted by Crippen LogP contribution is 2.28. The number of nitrogens with zero attached hydrogens (tertiary/aromatic N) is 2. The van der Waals surface area contributed by atoms with E-state index in [1.165, 1.54) is 36.9 Å². The van der Waals surface area contributed by atoms with E-state index < -0.39 is 0 Å². The molecule has 1 aromatic carbocycles. The van der Waals surface area contributed by atoms with Gasteiger partial charge in [0.05, 0.1) is 6.54 Å². The van der Waals surface area contributed by atoms with Crippen LogP contribution >= 0.6 is 0 Å². The van der Waals surface area contributed by atoms with E-state index >= 15 is 0 Å². The van der Waals surface area contributed by atoms with Crippen molar-refractivity contribution in [2.45, 2.75) is 39.2 Å². The minimum Gasteiger partial charge on any atom is -0.385 e. The van der Waals surface area contributed by atoms with Crippen molar-refractivity contribution in [1.29, 1.82) is 0 Å². The molecule has 1 N–H and O–H groups in total. The standard InChI is InChI=1S/C18H25N3/c1-15-3-5-16(6-4-15)13-19-18-9-7-17(8-10-18)14-21-12-2-11-20-21/h2,7-12,15-16,19H,3-6,13-14H2,1H3. The lowest BCUT2D eigenvalue weighted by Crippen LogP contribution is -2.20. The Morgan fingerprint density at radius 3 is 2.57 bits per heavy atom. The number of aromatic nitrogens is 2. The Bertz CT molecular complexity index is 522. The van der Waals surface area contributed by atoms with Gasteiger partial charge in [-0.25, -0.2) is 0 Å². The number of rotatable bonds is 5. The summed E-state index contributed by atoms with van der Waals surface area (Å²) in [6.45, 7) is 4.33. The van der Waals surface area contributed by atoms with Crippen LogP contribution in [0.2, 0.25) is 0 Å². The molecule has 1 aliphatic carbocycles.